The summed E-state index contributed by atoms with van der Waals surface area (Å²) in [5.41, 5.74) is 2.61. The minimum absolute atomic E-state index is 0.602. The molecule has 0 aliphatic carbocycles. The van der Waals surface area contributed by atoms with Crippen LogP contribution >= 0.6 is 0 Å². The molecular weight excluding hydrogens is 200 g/mol. The molecule has 0 aliphatic heterocycles. The van der Waals surface area contributed by atoms with E-state index in [0.29, 0.717) is 0 Å². The molecule has 0 spiro atoms. The quantitative estimate of drug-likeness (QED) is 0.848. The van der Waals surface area contributed by atoms with Crippen molar-refractivity contribution in [3.63, 3.8) is 0 Å². The van der Waals surface area contributed by atoms with Gasteiger partial charge >= 0.3 is 0 Å². The molecule has 0 radical (unpaired) electrons. The number of hydrogen-bond donors (Lipinski definition) is 1. The van der Waals surface area contributed by atoms with Gasteiger partial charge < -0.3 is 10.1 Å². The van der Waals surface area contributed by atoms with Gasteiger partial charge in [-0.05, 0) is 51.0 Å². The van der Waals surface area contributed by atoms with Crippen molar-refractivity contribution < 1.29 is 4.74 Å². The normalized spacial score (nSPS) is 10.8. The van der Waals surface area contributed by atoms with Crippen LogP contribution in [0.4, 0.5) is 5.69 Å². The molecule has 0 heterocycles. The molecule has 0 aromatic heterocycles. The third-order valence-electron chi connectivity index (χ3n) is 2.54. The van der Waals surface area contributed by atoms with E-state index in [1.165, 1.54) is 11.1 Å². The third kappa shape index (κ3) is 2.66. The van der Waals surface area contributed by atoms with E-state index in [0.717, 1.165) is 11.4 Å². The first-order valence-corrected chi connectivity index (χ1v) is 5.24. The highest BCUT2D eigenvalue weighted by Crippen LogP contribution is 2.30. The molecule has 1 rings (SSSR count). The predicted octanol–water partition coefficient (Wildman–Crippen LogP) is 3.03. The van der Waals surface area contributed by atoms with Crippen molar-refractivity contribution in [2.75, 3.05) is 12.4 Å². The van der Waals surface area contributed by atoms with Crippen LogP contribution in [0, 0.1) is 25.2 Å². The molecule has 1 aromatic rings. The summed E-state index contributed by atoms with van der Waals surface area (Å²) in [6.07, 6.45) is 0. The number of aryl methyl sites for hydroxylation is 2. The van der Waals surface area contributed by atoms with Gasteiger partial charge in [0, 0.05) is 0 Å². The highest BCUT2D eigenvalue weighted by Gasteiger charge is 2.18. The van der Waals surface area contributed by atoms with Crippen molar-refractivity contribution in [2.24, 2.45) is 0 Å². The Bertz CT molecular complexity index is 430. The van der Waals surface area contributed by atoms with Gasteiger partial charge in [0.2, 0.25) is 0 Å². The van der Waals surface area contributed by atoms with E-state index in [1.54, 1.807) is 7.11 Å². The monoisotopic (exact) mass is 218 g/mol. The van der Waals surface area contributed by atoms with Gasteiger partial charge in [-0.15, -0.1) is 0 Å². The molecule has 0 fully saturated rings. The van der Waals surface area contributed by atoms with Gasteiger partial charge in [0.1, 0.15) is 11.3 Å². The summed E-state index contributed by atoms with van der Waals surface area (Å²) in [6.45, 7) is 7.75. The lowest BCUT2D eigenvalue weighted by molar-refractivity contribution is 0.415. The summed E-state index contributed by atoms with van der Waals surface area (Å²) in [5.74, 6) is 0.770. The summed E-state index contributed by atoms with van der Waals surface area (Å²) >= 11 is 0. The second-order valence-corrected chi connectivity index (χ2v) is 4.50. The van der Waals surface area contributed by atoms with E-state index < -0.39 is 5.54 Å². The molecule has 0 saturated heterocycles. The first-order valence-electron chi connectivity index (χ1n) is 5.24. The number of benzene rings is 1. The standard InChI is InChI=1S/C13H18N2O/c1-9-6-11(15-13(3,4)8-14)12(16-5)7-10(9)2/h6-7,15H,1-5H3. The number of nitrogens with one attached hydrogen (secondary N) is 1. The van der Waals surface area contributed by atoms with Gasteiger partial charge in [-0.2, -0.15) is 5.26 Å². The van der Waals surface area contributed by atoms with Crippen LogP contribution in [0.25, 0.3) is 0 Å². The summed E-state index contributed by atoms with van der Waals surface area (Å²) in [5, 5.41) is 12.2. The Hall–Kier alpha value is -1.69. The lowest BCUT2D eigenvalue weighted by Gasteiger charge is -2.22. The van der Waals surface area contributed by atoms with Crippen molar-refractivity contribution in [3.05, 3.63) is 23.3 Å². The second kappa shape index (κ2) is 4.44. The Morgan fingerprint density at radius 2 is 1.81 bits per heavy atom. The third-order valence-corrected chi connectivity index (χ3v) is 2.54. The smallest absolute Gasteiger partial charge is 0.142 e. The number of methoxy groups -OCH3 is 1. The molecule has 86 valence electrons. The van der Waals surface area contributed by atoms with Gasteiger partial charge in [-0.25, -0.2) is 0 Å². The lowest BCUT2D eigenvalue weighted by atomic mass is 10.0. The average Bonchev–Trinajstić information content (AvgIpc) is 2.22. The number of anilines is 1. The van der Waals surface area contributed by atoms with Crippen LogP contribution < -0.4 is 10.1 Å². The first kappa shape index (κ1) is 12.4. The Kier molecular flexibility index (Phi) is 3.44. The molecule has 0 atom stereocenters. The van der Waals surface area contributed by atoms with E-state index in [1.807, 2.05) is 39.8 Å². The molecular formula is C13H18N2O. The van der Waals surface area contributed by atoms with Crippen LogP contribution in [0.15, 0.2) is 12.1 Å². The van der Waals surface area contributed by atoms with Gasteiger partial charge in [-0.3, -0.25) is 0 Å². The SMILES string of the molecule is COc1cc(C)c(C)cc1NC(C)(C)C#N. The van der Waals surface area contributed by atoms with Gasteiger partial charge in [0.25, 0.3) is 0 Å². The lowest BCUT2D eigenvalue weighted by Crippen LogP contribution is -2.28. The van der Waals surface area contributed by atoms with Crippen LogP contribution in [0.3, 0.4) is 0 Å². The maximum Gasteiger partial charge on any atom is 0.142 e. The molecule has 0 amide bonds. The molecule has 1 N–H and O–H groups in total. The van der Waals surface area contributed by atoms with Gasteiger partial charge in [0.15, 0.2) is 0 Å². The fourth-order valence-corrected chi connectivity index (χ4v) is 1.42. The second-order valence-electron chi connectivity index (χ2n) is 4.50. The van der Waals surface area contributed by atoms with Crippen LogP contribution in [-0.4, -0.2) is 12.6 Å². The minimum Gasteiger partial charge on any atom is -0.495 e. The highest BCUT2D eigenvalue weighted by atomic mass is 16.5. The maximum absolute atomic E-state index is 8.99. The van der Waals surface area contributed by atoms with Crippen molar-refractivity contribution in [3.8, 4) is 11.8 Å². The van der Waals surface area contributed by atoms with E-state index in [-0.39, 0.29) is 0 Å². The molecule has 3 nitrogen and oxygen atoms in total. The maximum atomic E-state index is 8.99. The fraction of sp³-hybridized carbons (Fsp3) is 0.462. The zero-order valence-electron chi connectivity index (χ0n) is 10.5. The molecule has 0 aliphatic rings. The van der Waals surface area contributed by atoms with Crippen molar-refractivity contribution in [2.45, 2.75) is 33.2 Å². The molecule has 3 heteroatoms. The van der Waals surface area contributed by atoms with Crippen LogP contribution in [0.1, 0.15) is 25.0 Å². The van der Waals surface area contributed by atoms with Crippen molar-refractivity contribution in [1.29, 1.82) is 5.26 Å². The Morgan fingerprint density at radius 1 is 1.25 bits per heavy atom. The Balaban J connectivity index is 3.14. The number of rotatable bonds is 3. The van der Waals surface area contributed by atoms with Crippen molar-refractivity contribution >= 4 is 5.69 Å². The number of nitriles is 1. The topological polar surface area (TPSA) is 45.0 Å². The van der Waals surface area contributed by atoms with Crippen LogP contribution in [-0.2, 0) is 0 Å². The molecule has 16 heavy (non-hydrogen) atoms. The first-order chi connectivity index (χ1) is 7.39. The molecule has 0 bridgehead atoms. The number of ether oxygens (including phenoxy) is 1. The summed E-state index contributed by atoms with van der Waals surface area (Å²) in [6, 6.07) is 6.19. The number of nitrogens with zero attached hydrogens (tertiary/aromatic N) is 1. The largest absolute Gasteiger partial charge is 0.495 e. The summed E-state index contributed by atoms with van der Waals surface area (Å²) < 4.78 is 5.30. The highest BCUT2D eigenvalue weighted by molar-refractivity contribution is 5.61. The Labute approximate surface area is 97.0 Å². The van der Waals surface area contributed by atoms with E-state index in [4.69, 9.17) is 10.00 Å². The minimum atomic E-state index is -0.602. The van der Waals surface area contributed by atoms with Crippen LogP contribution in [0.5, 0.6) is 5.75 Å². The molecule has 0 saturated carbocycles. The van der Waals surface area contributed by atoms with E-state index in [2.05, 4.69) is 11.4 Å². The van der Waals surface area contributed by atoms with Crippen LogP contribution in [0.2, 0.25) is 0 Å². The summed E-state index contributed by atoms with van der Waals surface area (Å²) in [4.78, 5) is 0. The van der Waals surface area contributed by atoms with E-state index >= 15 is 0 Å². The predicted molar refractivity (Wildman–Crippen MR) is 65.8 cm³/mol. The number of hydrogen-bond acceptors (Lipinski definition) is 3. The van der Waals surface area contributed by atoms with E-state index in [9.17, 15) is 0 Å². The zero-order valence-corrected chi connectivity index (χ0v) is 10.5. The summed E-state index contributed by atoms with van der Waals surface area (Å²) in [7, 11) is 1.63. The Morgan fingerprint density at radius 3 is 2.31 bits per heavy atom. The fourth-order valence-electron chi connectivity index (χ4n) is 1.42. The average molecular weight is 218 g/mol. The van der Waals surface area contributed by atoms with Gasteiger partial charge in [0.05, 0.1) is 18.9 Å². The van der Waals surface area contributed by atoms with Gasteiger partial charge in [-0.1, -0.05) is 0 Å². The molecule has 1 aromatic carbocycles. The van der Waals surface area contributed by atoms with Crippen molar-refractivity contribution in [1.82, 2.24) is 0 Å². The zero-order chi connectivity index (χ0) is 12.3. The molecule has 0 unspecified atom stereocenters.